The lowest BCUT2D eigenvalue weighted by Gasteiger charge is -2.32. The molecular weight excluding hydrogens is 428 g/mol. The molecule has 0 aliphatic carbocycles. The monoisotopic (exact) mass is 456 g/mol. The van der Waals surface area contributed by atoms with Crippen molar-refractivity contribution in [2.45, 2.75) is 19.4 Å². The summed E-state index contributed by atoms with van der Waals surface area (Å²) in [6.07, 6.45) is 0.939. The highest BCUT2D eigenvalue weighted by Gasteiger charge is 2.32. The first-order valence-corrected chi connectivity index (χ1v) is 11.9. The number of nitrogens with one attached hydrogen (secondary N) is 1. The van der Waals surface area contributed by atoms with Gasteiger partial charge in [-0.3, -0.25) is 10.1 Å². The number of rotatable bonds is 6. The van der Waals surface area contributed by atoms with Gasteiger partial charge in [0.25, 0.3) is 10.2 Å². The number of anilines is 2. The number of carbonyl (C=O) groups is 1. The molecule has 0 saturated carbocycles. The van der Waals surface area contributed by atoms with Crippen molar-refractivity contribution in [3.63, 3.8) is 0 Å². The molecule has 0 atom stereocenters. The lowest BCUT2D eigenvalue weighted by Crippen LogP contribution is -2.46. The van der Waals surface area contributed by atoms with Crippen LogP contribution in [0, 0.1) is 5.92 Å². The maximum atomic E-state index is 13.0. The summed E-state index contributed by atoms with van der Waals surface area (Å²) >= 11 is 0. The molecule has 3 aromatic rings. The van der Waals surface area contributed by atoms with Crippen molar-refractivity contribution >= 4 is 38.8 Å². The normalized spacial score (nSPS) is 16.0. The van der Waals surface area contributed by atoms with Crippen LogP contribution in [0.15, 0.2) is 48.5 Å². The minimum absolute atomic E-state index is 0.138. The minimum atomic E-state index is -3.46. The molecule has 4 rings (SSSR count). The largest absolute Gasteiger partial charge is 0.399 e. The van der Waals surface area contributed by atoms with Crippen LogP contribution in [0.5, 0.6) is 0 Å². The predicted molar refractivity (Wildman–Crippen MR) is 125 cm³/mol. The number of nitrogens with zero attached hydrogens (tertiary/aromatic N) is 4. The molecule has 1 amide bonds. The first kappa shape index (κ1) is 22.3. The van der Waals surface area contributed by atoms with Crippen LogP contribution >= 0.6 is 0 Å². The van der Waals surface area contributed by atoms with Gasteiger partial charge in [0.15, 0.2) is 0 Å². The summed E-state index contributed by atoms with van der Waals surface area (Å²) in [5.74, 6) is 0.0746. The number of piperidine rings is 1. The van der Waals surface area contributed by atoms with Crippen LogP contribution in [0.3, 0.4) is 0 Å². The number of hydrogen-bond acceptors (Lipinski definition) is 5. The molecule has 170 valence electrons. The number of amides is 1. The van der Waals surface area contributed by atoms with Crippen LogP contribution in [0.25, 0.3) is 11.0 Å². The van der Waals surface area contributed by atoms with E-state index in [-0.39, 0.29) is 11.8 Å². The van der Waals surface area contributed by atoms with Gasteiger partial charge in [0, 0.05) is 38.8 Å². The smallest absolute Gasteiger partial charge is 0.281 e. The zero-order valence-corrected chi connectivity index (χ0v) is 19.0. The Kier molecular flexibility index (Phi) is 6.18. The van der Waals surface area contributed by atoms with E-state index in [1.165, 1.54) is 22.7 Å². The third-order valence-electron chi connectivity index (χ3n) is 5.82. The number of imidazole rings is 1. The number of para-hydroxylation sites is 2. The van der Waals surface area contributed by atoms with Gasteiger partial charge in [0.2, 0.25) is 11.9 Å². The van der Waals surface area contributed by atoms with Gasteiger partial charge in [-0.2, -0.15) is 17.0 Å². The molecular formula is C22H28N6O3S. The van der Waals surface area contributed by atoms with Gasteiger partial charge in [0.1, 0.15) is 0 Å². The average molecular weight is 457 g/mol. The van der Waals surface area contributed by atoms with Gasteiger partial charge in [-0.25, -0.2) is 4.98 Å². The standard InChI is InChI=1S/C22H28N6O3S/c1-26(2)32(30,31)27-13-11-17(12-14-27)21(29)25-22-24-19-5-3-4-6-20(19)28(22)15-16-7-9-18(23)10-8-16/h3-10,17H,11-15,23H2,1-2H3,(H,24,25,29). The second-order valence-corrected chi connectivity index (χ2v) is 10.3. The van der Waals surface area contributed by atoms with Gasteiger partial charge in [-0.15, -0.1) is 0 Å². The Morgan fingerprint density at radius 3 is 2.44 bits per heavy atom. The predicted octanol–water partition coefficient (Wildman–Crippen LogP) is 2.12. The fourth-order valence-electron chi connectivity index (χ4n) is 3.93. The van der Waals surface area contributed by atoms with Crippen molar-refractivity contribution in [2.75, 3.05) is 38.2 Å². The Balaban J connectivity index is 1.52. The molecule has 0 radical (unpaired) electrons. The van der Waals surface area contributed by atoms with Crippen LogP contribution in [0.2, 0.25) is 0 Å². The highest BCUT2D eigenvalue weighted by atomic mass is 32.2. The van der Waals surface area contributed by atoms with Crippen molar-refractivity contribution in [1.82, 2.24) is 18.2 Å². The Labute approximate surface area is 188 Å². The average Bonchev–Trinajstić information content (AvgIpc) is 3.12. The summed E-state index contributed by atoms with van der Waals surface area (Å²) in [5.41, 5.74) is 9.26. The van der Waals surface area contributed by atoms with Crippen molar-refractivity contribution in [3.8, 4) is 0 Å². The SMILES string of the molecule is CN(C)S(=O)(=O)N1CCC(C(=O)Nc2nc3ccccc3n2Cc2ccc(N)cc2)CC1. The molecule has 1 aliphatic rings. The van der Waals surface area contributed by atoms with E-state index in [9.17, 15) is 13.2 Å². The summed E-state index contributed by atoms with van der Waals surface area (Å²) in [6.45, 7) is 1.18. The summed E-state index contributed by atoms with van der Waals surface area (Å²) < 4.78 is 29.2. The number of benzene rings is 2. The molecule has 1 aromatic heterocycles. The molecule has 0 bridgehead atoms. The van der Waals surface area contributed by atoms with Gasteiger partial charge in [0.05, 0.1) is 17.6 Å². The third-order valence-corrected chi connectivity index (χ3v) is 7.76. The number of aromatic nitrogens is 2. The third kappa shape index (κ3) is 4.47. The highest BCUT2D eigenvalue weighted by molar-refractivity contribution is 7.86. The molecule has 1 fully saturated rings. The molecule has 9 nitrogen and oxygen atoms in total. The zero-order chi connectivity index (χ0) is 22.9. The number of hydrogen-bond donors (Lipinski definition) is 2. The van der Waals surface area contributed by atoms with Gasteiger partial charge >= 0.3 is 0 Å². The molecule has 2 aromatic carbocycles. The first-order chi connectivity index (χ1) is 15.3. The molecule has 10 heteroatoms. The zero-order valence-electron chi connectivity index (χ0n) is 18.2. The fraction of sp³-hybridized carbons (Fsp3) is 0.364. The lowest BCUT2D eigenvalue weighted by molar-refractivity contribution is -0.121. The van der Waals surface area contributed by atoms with E-state index in [0.717, 1.165) is 16.6 Å². The molecule has 0 spiro atoms. The van der Waals surface area contributed by atoms with E-state index in [1.54, 1.807) is 0 Å². The van der Waals surface area contributed by atoms with Crippen molar-refractivity contribution < 1.29 is 13.2 Å². The molecule has 1 saturated heterocycles. The van der Waals surface area contributed by atoms with E-state index >= 15 is 0 Å². The lowest BCUT2D eigenvalue weighted by atomic mass is 9.97. The minimum Gasteiger partial charge on any atom is -0.399 e. The Bertz CT molecular complexity index is 1210. The van der Waals surface area contributed by atoms with Crippen LogP contribution in [0.4, 0.5) is 11.6 Å². The second kappa shape index (κ2) is 8.89. The van der Waals surface area contributed by atoms with Crippen LogP contribution < -0.4 is 11.1 Å². The van der Waals surface area contributed by atoms with E-state index in [0.29, 0.717) is 44.1 Å². The summed E-state index contributed by atoms with van der Waals surface area (Å²) in [5, 5.41) is 2.99. The van der Waals surface area contributed by atoms with Gasteiger partial charge < -0.3 is 10.3 Å². The van der Waals surface area contributed by atoms with Crippen LogP contribution in [0.1, 0.15) is 18.4 Å². The van der Waals surface area contributed by atoms with Crippen molar-refractivity contribution in [2.24, 2.45) is 5.92 Å². The number of nitrogen functional groups attached to an aromatic ring is 1. The van der Waals surface area contributed by atoms with Gasteiger partial charge in [-0.05, 0) is 42.7 Å². The van der Waals surface area contributed by atoms with Crippen molar-refractivity contribution in [1.29, 1.82) is 0 Å². The Morgan fingerprint density at radius 2 is 1.78 bits per heavy atom. The van der Waals surface area contributed by atoms with E-state index in [4.69, 9.17) is 5.73 Å². The summed E-state index contributed by atoms with van der Waals surface area (Å²) in [4.78, 5) is 17.7. The molecule has 2 heterocycles. The van der Waals surface area contributed by atoms with E-state index in [1.807, 2.05) is 53.1 Å². The van der Waals surface area contributed by atoms with E-state index in [2.05, 4.69) is 10.3 Å². The maximum absolute atomic E-state index is 13.0. The number of nitrogens with two attached hydrogens (primary N) is 1. The molecule has 3 N–H and O–H groups in total. The highest BCUT2D eigenvalue weighted by Crippen LogP contribution is 2.25. The van der Waals surface area contributed by atoms with Crippen molar-refractivity contribution in [3.05, 3.63) is 54.1 Å². The maximum Gasteiger partial charge on any atom is 0.281 e. The molecule has 0 unspecified atom stereocenters. The Hall–Kier alpha value is -2.95. The van der Waals surface area contributed by atoms with E-state index < -0.39 is 10.2 Å². The number of carbonyl (C=O) groups excluding carboxylic acids is 1. The van der Waals surface area contributed by atoms with Gasteiger partial charge in [-0.1, -0.05) is 24.3 Å². The molecule has 1 aliphatic heterocycles. The number of fused-ring (bicyclic) bond motifs is 1. The quantitative estimate of drug-likeness (QED) is 0.552. The summed E-state index contributed by atoms with van der Waals surface area (Å²) in [7, 11) is -0.433. The topological polar surface area (TPSA) is 114 Å². The van der Waals surface area contributed by atoms with Crippen LogP contribution in [-0.2, 0) is 21.5 Å². The summed E-state index contributed by atoms with van der Waals surface area (Å²) in [6, 6.07) is 15.3. The first-order valence-electron chi connectivity index (χ1n) is 10.5. The molecule has 32 heavy (non-hydrogen) atoms. The Morgan fingerprint density at radius 1 is 1.12 bits per heavy atom. The second-order valence-electron chi connectivity index (χ2n) is 8.20. The van der Waals surface area contributed by atoms with Crippen LogP contribution in [-0.4, -0.2) is 59.7 Å². The fourth-order valence-corrected chi connectivity index (χ4v) is 5.06.